The number of ether oxygens (including phenoxy) is 2. The summed E-state index contributed by atoms with van der Waals surface area (Å²) < 4.78 is 11.1. The Kier molecular flexibility index (Phi) is 6.68. The van der Waals surface area contributed by atoms with Crippen molar-refractivity contribution >= 4 is 28.8 Å². The molecule has 0 saturated heterocycles. The number of carbonyl (C=O) groups excluding carboxylic acids is 2. The molecule has 4 rings (SSSR count). The Morgan fingerprint density at radius 3 is 2.18 bits per heavy atom. The summed E-state index contributed by atoms with van der Waals surface area (Å²) in [5.74, 6) is 0.611. The van der Waals surface area contributed by atoms with Gasteiger partial charge in [-0.1, -0.05) is 35.9 Å². The Labute approximate surface area is 199 Å². The van der Waals surface area contributed by atoms with E-state index in [9.17, 15) is 9.59 Å². The van der Waals surface area contributed by atoms with Crippen LogP contribution in [-0.4, -0.2) is 25.0 Å². The van der Waals surface area contributed by atoms with Crippen LogP contribution in [0.15, 0.2) is 72.4 Å². The second-order valence-corrected chi connectivity index (χ2v) is 8.03. The summed E-state index contributed by atoms with van der Waals surface area (Å²) in [5.41, 5.74) is 4.32. The van der Waals surface area contributed by atoms with Gasteiger partial charge in [0.15, 0.2) is 0 Å². The number of hydrogen-bond donors (Lipinski definition) is 1. The van der Waals surface area contributed by atoms with Gasteiger partial charge in [-0.25, -0.2) is 4.90 Å². The highest BCUT2D eigenvalue weighted by Gasteiger charge is 2.40. The van der Waals surface area contributed by atoms with E-state index in [4.69, 9.17) is 9.47 Å². The monoisotopic (exact) mass is 456 g/mol. The number of nitrogens with zero attached hydrogens (tertiary/aromatic N) is 1. The van der Waals surface area contributed by atoms with E-state index in [1.165, 1.54) is 4.90 Å². The van der Waals surface area contributed by atoms with Crippen molar-refractivity contribution in [3.63, 3.8) is 0 Å². The highest BCUT2D eigenvalue weighted by molar-refractivity contribution is 6.46. The topological polar surface area (TPSA) is 67.9 Å². The highest BCUT2D eigenvalue weighted by Crippen LogP contribution is 2.36. The standard InChI is InChI=1S/C28H28N2O4/c1-5-33-22-13-11-20(12-14-22)25-26(29-21-8-7-9-23(17-21)34-6-2)28(32)30(27(25)31)24-15-10-18(3)16-19(24)4/h7-17,29H,5-6H2,1-4H3. The maximum absolute atomic E-state index is 13.7. The quantitative estimate of drug-likeness (QED) is 0.454. The van der Waals surface area contributed by atoms with Crippen LogP contribution in [0.4, 0.5) is 11.4 Å². The normalized spacial score (nSPS) is 13.5. The van der Waals surface area contributed by atoms with Crippen LogP contribution in [0.1, 0.15) is 30.5 Å². The van der Waals surface area contributed by atoms with E-state index in [0.29, 0.717) is 47.2 Å². The number of imide groups is 1. The van der Waals surface area contributed by atoms with Crippen LogP contribution < -0.4 is 19.7 Å². The summed E-state index contributed by atoms with van der Waals surface area (Å²) in [7, 11) is 0. The third kappa shape index (κ3) is 4.53. The molecule has 1 heterocycles. The zero-order chi connectivity index (χ0) is 24.2. The van der Waals surface area contributed by atoms with E-state index in [1.807, 2.05) is 70.2 Å². The number of hydrogen-bond acceptors (Lipinski definition) is 5. The maximum Gasteiger partial charge on any atom is 0.282 e. The summed E-state index contributed by atoms with van der Waals surface area (Å²) in [4.78, 5) is 28.6. The molecule has 2 amide bonds. The molecular formula is C28H28N2O4. The minimum Gasteiger partial charge on any atom is -0.494 e. The highest BCUT2D eigenvalue weighted by atomic mass is 16.5. The number of benzene rings is 3. The molecule has 34 heavy (non-hydrogen) atoms. The first-order valence-corrected chi connectivity index (χ1v) is 11.4. The average Bonchev–Trinajstić information content (AvgIpc) is 3.05. The van der Waals surface area contributed by atoms with Crippen LogP contribution in [0.3, 0.4) is 0 Å². The van der Waals surface area contributed by atoms with Crippen LogP contribution in [0.25, 0.3) is 5.57 Å². The number of anilines is 2. The first-order valence-electron chi connectivity index (χ1n) is 11.4. The first kappa shape index (κ1) is 23.1. The van der Waals surface area contributed by atoms with Crippen molar-refractivity contribution < 1.29 is 19.1 Å². The molecule has 0 aromatic heterocycles. The number of aryl methyl sites for hydroxylation is 2. The smallest absolute Gasteiger partial charge is 0.282 e. The van der Waals surface area contributed by atoms with Gasteiger partial charge in [-0.3, -0.25) is 9.59 Å². The molecule has 3 aromatic carbocycles. The third-order valence-electron chi connectivity index (χ3n) is 5.55. The van der Waals surface area contributed by atoms with Crippen LogP contribution in [0.5, 0.6) is 11.5 Å². The van der Waals surface area contributed by atoms with Crippen molar-refractivity contribution in [3.8, 4) is 11.5 Å². The fourth-order valence-electron chi connectivity index (χ4n) is 4.05. The average molecular weight is 457 g/mol. The predicted molar refractivity (Wildman–Crippen MR) is 134 cm³/mol. The fraction of sp³-hybridized carbons (Fsp3) is 0.214. The van der Waals surface area contributed by atoms with E-state index in [-0.39, 0.29) is 11.6 Å². The molecule has 0 saturated carbocycles. The lowest BCUT2D eigenvalue weighted by molar-refractivity contribution is -0.120. The van der Waals surface area contributed by atoms with Crippen molar-refractivity contribution in [1.29, 1.82) is 0 Å². The van der Waals surface area contributed by atoms with Gasteiger partial charge in [-0.05, 0) is 69.2 Å². The molecule has 1 N–H and O–H groups in total. The molecule has 174 valence electrons. The van der Waals surface area contributed by atoms with E-state index in [0.717, 1.165) is 11.1 Å². The van der Waals surface area contributed by atoms with Crippen molar-refractivity contribution in [2.24, 2.45) is 0 Å². The molecule has 0 radical (unpaired) electrons. The molecule has 0 fully saturated rings. The largest absolute Gasteiger partial charge is 0.494 e. The van der Waals surface area contributed by atoms with Gasteiger partial charge in [0.25, 0.3) is 11.8 Å². The molecule has 3 aromatic rings. The van der Waals surface area contributed by atoms with Gasteiger partial charge < -0.3 is 14.8 Å². The molecule has 6 heteroatoms. The van der Waals surface area contributed by atoms with Gasteiger partial charge in [0.1, 0.15) is 17.2 Å². The van der Waals surface area contributed by atoms with Gasteiger partial charge in [-0.15, -0.1) is 0 Å². The summed E-state index contributed by atoms with van der Waals surface area (Å²) in [6, 6.07) is 20.2. The van der Waals surface area contributed by atoms with Gasteiger partial charge >= 0.3 is 0 Å². The number of nitrogens with one attached hydrogen (secondary N) is 1. The lowest BCUT2D eigenvalue weighted by atomic mass is 10.0. The van der Waals surface area contributed by atoms with E-state index < -0.39 is 5.91 Å². The van der Waals surface area contributed by atoms with E-state index in [1.54, 1.807) is 24.3 Å². The van der Waals surface area contributed by atoms with Crippen LogP contribution >= 0.6 is 0 Å². The van der Waals surface area contributed by atoms with Crippen molar-refractivity contribution in [2.45, 2.75) is 27.7 Å². The number of amides is 2. The Balaban J connectivity index is 1.79. The van der Waals surface area contributed by atoms with Gasteiger partial charge in [0.2, 0.25) is 0 Å². The minimum atomic E-state index is -0.400. The Hall–Kier alpha value is -4.06. The third-order valence-corrected chi connectivity index (χ3v) is 5.55. The molecular weight excluding hydrogens is 428 g/mol. The summed E-state index contributed by atoms with van der Waals surface area (Å²) in [5, 5.41) is 3.20. The molecule has 0 bridgehead atoms. The van der Waals surface area contributed by atoms with Crippen LogP contribution in [0.2, 0.25) is 0 Å². The molecule has 0 atom stereocenters. The fourth-order valence-corrected chi connectivity index (χ4v) is 4.05. The maximum atomic E-state index is 13.7. The molecule has 0 aliphatic carbocycles. The Morgan fingerprint density at radius 1 is 0.794 bits per heavy atom. The summed E-state index contributed by atoms with van der Waals surface area (Å²) >= 11 is 0. The molecule has 0 spiro atoms. The number of carbonyl (C=O) groups is 2. The first-order chi connectivity index (χ1) is 16.4. The zero-order valence-electron chi connectivity index (χ0n) is 19.8. The van der Waals surface area contributed by atoms with Crippen LogP contribution in [-0.2, 0) is 9.59 Å². The summed E-state index contributed by atoms with van der Waals surface area (Å²) in [6.07, 6.45) is 0. The van der Waals surface area contributed by atoms with E-state index in [2.05, 4.69) is 5.32 Å². The van der Waals surface area contributed by atoms with Gasteiger partial charge in [-0.2, -0.15) is 0 Å². The zero-order valence-corrected chi connectivity index (χ0v) is 19.8. The predicted octanol–water partition coefficient (Wildman–Crippen LogP) is 5.50. The lowest BCUT2D eigenvalue weighted by Crippen LogP contribution is -2.33. The molecule has 1 aliphatic heterocycles. The SMILES string of the molecule is CCOc1ccc(C2=C(Nc3cccc(OCC)c3)C(=O)N(c3ccc(C)cc3C)C2=O)cc1. The minimum absolute atomic E-state index is 0.225. The Bertz CT molecular complexity index is 1260. The second kappa shape index (κ2) is 9.83. The van der Waals surface area contributed by atoms with Crippen molar-refractivity contribution in [1.82, 2.24) is 0 Å². The van der Waals surface area contributed by atoms with Gasteiger partial charge in [0.05, 0.1) is 24.5 Å². The van der Waals surface area contributed by atoms with Gasteiger partial charge in [0, 0.05) is 11.8 Å². The number of rotatable bonds is 8. The molecule has 1 aliphatic rings. The summed E-state index contributed by atoms with van der Waals surface area (Å²) in [6.45, 7) is 8.77. The van der Waals surface area contributed by atoms with Crippen molar-refractivity contribution in [3.05, 3.63) is 89.1 Å². The van der Waals surface area contributed by atoms with E-state index >= 15 is 0 Å². The van der Waals surface area contributed by atoms with Crippen molar-refractivity contribution in [2.75, 3.05) is 23.4 Å². The lowest BCUT2D eigenvalue weighted by Gasteiger charge is -2.18. The van der Waals surface area contributed by atoms with Crippen LogP contribution in [0, 0.1) is 13.8 Å². The molecule has 6 nitrogen and oxygen atoms in total. The molecule has 0 unspecified atom stereocenters. The second-order valence-electron chi connectivity index (χ2n) is 8.03. The Morgan fingerprint density at radius 2 is 1.50 bits per heavy atom.